The van der Waals surface area contributed by atoms with Crippen molar-refractivity contribution in [2.75, 3.05) is 0 Å². The van der Waals surface area contributed by atoms with Crippen molar-refractivity contribution in [2.24, 2.45) is 23.2 Å². The summed E-state index contributed by atoms with van der Waals surface area (Å²) in [6, 6.07) is 9.41. The van der Waals surface area contributed by atoms with E-state index in [0.717, 1.165) is 18.4 Å². The fourth-order valence-electron chi connectivity index (χ4n) is 5.32. The van der Waals surface area contributed by atoms with Crippen molar-refractivity contribution in [3.05, 3.63) is 36.5 Å². The molecule has 0 radical (unpaired) electrons. The average Bonchev–Trinajstić information content (AvgIpc) is 3.11. The van der Waals surface area contributed by atoms with Crippen LogP contribution in [0.25, 0.3) is 11.3 Å². The van der Waals surface area contributed by atoms with Crippen molar-refractivity contribution in [3.63, 3.8) is 0 Å². The summed E-state index contributed by atoms with van der Waals surface area (Å²) in [4.78, 5) is 24.1. The first kappa shape index (κ1) is 14.6. The summed E-state index contributed by atoms with van der Waals surface area (Å²) in [5, 5.41) is 20.7. The third kappa shape index (κ3) is 1.92. The molecule has 4 bridgehead atoms. The van der Waals surface area contributed by atoms with Gasteiger partial charge in [0.25, 0.3) is 0 Å². The first-order valence-electron chi connectivity index (χ1n) is 8.59. The highest BCUT2D eigenvalue weighted by molar-refractivity contribution is 5.85. The molecular formula is C18H18N4O3. The van der Waals surface area contributed by atoms with Crippen LogP contribution in [0.15, 0.2) is 36.5 Å². The van der Waals surface area contributed by atoms with Gasteiger partial charge >= 0.3 is 5.97 Å². The summed E-state index contributed by atoms with van der Waals surface area (Å²) in [5.41, 5.74) is 0.954. The van der Waals surface area contributed by atoms with Gasteiger partial charge in [0.2, 0.25) is 5.91 Å². The van der Waals surface area contributed by atoms with Crippen LogP contribution < -0.4 is 5.32 Å². The quantitative estimate of drug-likeness (QED) is 0.853. The number of nitrogens with one attached hydrogen (secondary N) is 1. The summed E-state index contributed by atoms with van der Waals surface area (Å²) >= 11 is 0. The van der Waals surface area contributed by atoms with Crippen molar-refractivity contribution >= 4 is 11.9 Å². The zero-order valence-electron chi connectivity index (χ0n) is 13.5. The molecule has 0 aliphatic heterocycles. The lowest BCUT2D eigenvalue weighted by Crippen LogP contribution is -2.45. The van der Waals surface area contributed by atoms with Crippen molar-refractivity contribution in [3.8, 4) is 11.3 Å². The summed E-state index contributed by atoms with van der Waals surface area (Å²) in [6.07, 6.45) is 3.60. The topological polar surface area (TPSA) is 97.1 Å². The zero-order chi connectivity index (χ0) is 17.2. The molecule has 0 spiro atoms. The number of carbonyl (C=O) groups is 2. The number of hydrogen-bond acceptors (Lipinski definition) is 4. The van der Waals surface area contributed by atoms with Gasteiger partial charge in [0.05, 0.1) is 11.6 Å². The maximum atomic E-state index is 12.4. The third-order valence-electron chi connectivity index (χ3n) is 6.30. The van der Waals surface area contributed by atoms with Crippen LogP contribution in [0.2, 0.25) is 0 Å². The largest absolute Gasteiger partial charge is 0.481 e. The van der Waals surface area contributed by atoms with Gasteiger partial charge in [0.15, 0.2) is 0 Å². The zero-order valence-corrected chi connectivity index (χ0v) is 13.5. The van der Waals surface area contributed by atoms with Crippen molar-refractivity contribution < 1.29 is 14.7 Å². The molecule has 4 saturated carbocycles. The van der Waals surface area contributed by atoms with Gasteiger partial charge in [0, 0.05) is 11.6 Å². The molecule has 25 heavy (non-hydrogen) atoms. The van der Waals surface area contributed by atoms with Gasteiger partial charge in [-0.2, -0.15) is 0 Å². The summed E-state index contributed by atoms with van der Waals surface area (Å²) in [7, 11) is 0. The van der Waals surface area contributed by atoms with Gasteiger partial charge in [-0.25, -0.2) is 4.68 Å². The number of carbonyl (C=O) groups excluding carboxylic acids is 1. The molecule has 4 fully saturated rings. The number of rotatable bonds is 5. The molecule has 1 aromatic heterocycles. The normalized spacial score (nSPS) is 34.1. The number of amides is 1. The number of carboxylic acid groups (broad SMARTS) is 1. The van der Waals surface area contributed by atoms with Crippen LogP contribution in [-0.2, 0) is 16.1 Å². The molecule has 4 aliphatic carbocycles. The van der Waals surface area contributed by atoms with E-state index in [4.69, 9.17) is 0 Å². The average molecular weight is 338 g/mol. The summed E-state index contributed by atoms with van der Waals surface area (Å²) in [6.45, 7) is 0.0497. The molecule has 1 heterocycles. The SMILES string of the molecule is O=C(Cn1cc(-c2ccccc2)nn1)NC1C2CC3C(C2)C31C(=O)O. The Kier molecular flexibility index (Phi) is 2.87. The van der Waals surface area contributed by atoms with Crippen molar-refractivity contribution in [1.82, 2.24) is 20.3 Å². The second kappa shape index (κ2) is 4.91. The fraction of sp³-hybridized carbons (Fsp3) is 0.444. The van der Waals surface area contributed by atoms with Crippen LogP contribution in [0.3, 0.4) is 0 Å². The lowest BCUT2D eigenvalue weighted by Gasteiger charge is -2.21. The van der Waals surface area contributed by atoms with E-state index < -0.39 is 11.4 Å². The molecule has 1 aromatic carbocycles. The smallest absolute Gasteiger partial charge is 0.312 e. The minimum absolute atomic E-state index is 0.0497. The molecule has 7 nitrogen and oxygen atoms in total. The Morgan fingerprint density at radius 3 is 2.64 bits per heavy atom. The van der Waals surface area contributed by atoms with E-state index in [1.54, 1.807) is 6.20 Å². The Bertz CT molecular complexity index is 850. The van der Waals surface area contributed by atoms with Crippen LogP contribution in [0.5, 0.6) is 0 Å². The van der Waals surface area contributed by atoms with Gasteiger partial charge in [-0.05, 0) is 30.6 Å². The Morgan fingerprint density at radius 1 is 1.24 bits per heavy atom. The fourth-order valence-corrected chi connectivity index (χ4v) is 5.32. The number of aliphatic carboxylic acids is 1. The van der Waals surface area contributed by atoms with Crippen LogP contribution in [0.1, 0.15) is 12.8 Å². The van der Waals surface area contributed by atoms with Gasteiger partial charge in [-0.1, -0.05) is 35.5 Å². The number of nitrogens with zero attached hydrogens (tertiary/aromatic N) is 3. The molecule has 7 heteroatoms. The first-order valence-corrected chi connectivity index (χ1v) is 8.59. The monoisotopic (exact) mass is 338 g/mol. The Hall–Kier alpha value is -2.70. The molecule has 2 N–H and O–H groups in total. The molecule has 2 aromatic rings. The highest BCUT2D eigenvalue weighted by Gasteiger charge is 2.83. The molecule has 6 rings (SSSR count). The molecule has 4 aliphatic rings. The van der Waals surface area contributed by atoms with E-state index in [0.29, 0.717) is 11.6 Å². The molecule has 1 amide bonds. The van der Waals surface area contributed by atoms with E-state index in [-0.39, 0.29) is 30.3 Å². The molecule has 0 saturated heterocycles. The van der Waals surface area contributed by atoms with E-state index in [1.807, 2.05) is 30.3 Å². The highest BCUT2D eigenvalue weighted by atomic mass is 16.4. The van der Waals surface area contributed by atoms with Crippen molar-refractivity contribution in [2.45, 2.75) is 25.4 Å². The minimum Gasteiger partial charge on any atom is -0.481 e. The third-order valence-corrected chi connectivity index (χ3v) is 6.30. The number of hydrogen-bond donors (Lipinski definition) is 2. The summed E-state index contributed by atoms with van der Waals surface area (Å²) in [5.74, 6) is -0.119. The van der Waals surface area contributed by atoms with Gasteiger partial charge in [-0.3, -0.25) is 9.59 Å². The van der Waals surface area contributed by atoms with Gasteiger partial charge < -0.3 is 10.4 Å². The first-order chi connectivity index (χ1) is 12.1. The van der Waals surface area contributed by atoms with E-state index in [2.05, 4.69) is 15.6 Å². The van der Waals surface area contributed by atoms with Crippen molar-refractivity contribution in [1.29, 1.82) is 0 Å². The Labute approximate surface area is 144 Å². The summed E-state index contributed by atoms with van der Waals surface area (Å²) < 4.78 is 1.49. The second-order valence-corrected chi connectivity index (χ2v) is 7.40. The van der Waals surface area contributed by atoms with Crippen LogP contribution in [0.4, 0.5) is 0 Å². The number of aromatic nitrogens is 3. The van der Waals surface area contributed by atoms with E-state index >= 15 is 0 Å². The van der Waals surface area contributed by atoms with E-state index in [1.165, 1.54) is 4.68 Å². The molecule has 3 atom stereocenters. The van der Waals surface area contributed by atoms with Gasteiger partial charge in [0.1, 0.15) is 12.2 Å². The van der Waals surface area contributed by atoms with Crippen LogP contribution in [-0.4, -0.2) is 38.0 Å². The van der Waals surface area contributed by atoms with E-state index in [9.17, 15) is 14.7 Å². The lowest BCUT2D eigenvalue weighted by atomic mass is 9.97. The standard InChI is InChI=1S/C18H18N4O3/c23-15(9-22-8-14(20-21-22)10-4-2-1-3-5-10)19-16-11-6-12-13(7-11)18(12,16)17(24)25/h1-5,8,11-13,16H,6-7,9H2,(H,19,23)(H,24,25). The Balaban J connectivity index is 1.28. The molecule has 3 unspecified atom stereocenters. The Morgan fingerprint density at radius 2 is 1.96 bits per heavy atom. The van der Waals surface area contributed by atoms with Crippen LogP contribution >= 0.6 is 0 Å². The number of benzene rings is 1. The van der Waals surface area contributed by atoms with Crippen LogP contribution in [0, 0.1) is 23.2 Å². The maximum Gasteiger partial charge on any atom is 0.312 e. The minimum atomic E-state index is -0.750. The second-order valence-electron chi connectivity index (χ2n) is 7.40. The number of carboxylic acids is 1. The predicted octanol–water partition coefficient (Wildman–Crippen LogP) is 1.17. The highest BCUT2D eigenvalue weighted by Crippen LogP contribution is 2.78. The predicted molar refractivity (Wildman–Crippen MR) is 87.2 cm³/mol. The van der Waals surface area contributed by atoms with Gasteiger partial charge in [-0.15, -0.1) is 5.10 Å². The lowest BCUT2D eigenvalue weighted by molar-refractivity contribution is -0.145. The maximum absolute atomic E-state index is 12.4. The molecular weight excluding hydrogens is 320 g/mol. The molecule has 128 valence electrons.